The Morgan fingerprint density at radius 2 is 1.20 bits per heavy atom. The lowest BCUT2D eigenvalue weighted by molar-refractivity contribution is 0.0940. The summed E-state index contributed by atoms with van der Waals surface area (Å²) in [4.78, 5) is 23.3. The van der Waals surface area contributed by atoms with Crippen molar-refractivity contribution in [2.45, 2.75) is 27.1 Å². The highest BCUT2D eigenvalue weighted by atomic mass is 16.5. The Hall–Kier alpha value is -5.06. The first-order chi connectivity index (χ1) is 19.2. The van der Waals surface area contributed by atoms with Crippen molar-refractivity contribution in [3.63, 3.8) is 0 Å². The normalized spacial score (nSPS) is 10.1. The van der Waals surface area contributed by atoms with E-state index in [1.165, 1.54) is 6.07 Å². The monoisotopic (exact) mass is 544 g/mol. The molecule has 0 radical (unpaired) electrons. The van der Waals surface area contributed by atoms with Crippen LogP contribution in [0.5, 0.6) is 23.0 Å². The van der Waals surface area contributed by atoms with E-state index >= 15 is 0 Å². The Morgan fingerprint density at radius 3 is 1.73 bits per heavy atom. The largest absolute Gasteiger partial charge is 0.508 e. The Balaban J connectivity index is 0.000000285. The lowest BCUT2D eigenvalue weighted by Crippen LogP contribution is -2.31. The Labute approximate surface area is 232 Å². The average Bonchev–Trinajstić information content (AvgIpc) is 2.95. The molecule has 0 aliphatic carbocycles. The number of carbonyl (C=O) groups excluding carboxylic acids is 2. The van der Waals surface area contributed by atoms with Gasteiger partial charge < -0.3 is 19.7 Å². The van der Waals surface area contributed by atoms with E-state index < -0.39 is 11.8 Å². The zero-order valence-electron chi connectivity index (χ0n) is 22.2. The second-order valence-electron chi connectivity index (χ2n) is 8.77. The van der Waals surface area contributed by atoms with Crippen LogP contribution >= 0.6 is 0 Å². The van der Waals surface area contributed by atoms with Gasteiger partial charge in [-0.3, -0.25) is 20.4 Å². The molecule has 0 bridgehead atoms. The predicted octanol–water partition coefficient (Wildman–Crippen LogP) is 3.77. The molecule has 0 saturated heterocycles. The smallest absolute Gasteiger partial charge is 0.269 e. The lowest BCUT2D eigenvalue weighted by Gasteiger charge is -2.16. The van der Waals surface area contributed by atoms with E-state index in [2.05, 4.69) is 5.43 Å². The summed E-state index contributed by atoms with van der Waals surface area (Å²) in [6.45, 7) is 4.19. The Morgan fingerprint density at radius 1 is 0.700 bits per heavy atom. The molecule has 0 heterocycles. The van der Waals surface area contributed by atoms with Crippen LogP contribution in [0.2, 0.25) is 0 Å². The van der Waals surface area contributed by atoms with Crippen LogP contribution in [0.15, 0.2) is 84.9 Å². The van der Waals surface area contributed by atoms with E-state index in [9.17, 15) is 14.7 Å². The van der Waals surface area contributed by atoms with Gasteiger partial charge >= 0.3 is 0 Å². The number of hydrazine groups is 2. The molecule has 4 aromatic carbocycles. The number of hydrogen-bond donors (Lipinski definition) is 6. The number of amides is 2. The molecule has 0 atom stereocenters. The molecule has 2 amide bonds. The fraction of sp³-hybridized carbons (Fsp3) is 0.133. The number of aromatic hydroxyl groups is 2. The molecule has 0 aromatic heterocycles. The number of nitrogens with two attached hydrogens (primary N) is 2. The molecule has 8 N–H and O–H groups in total. The Bertz CT molecular complexity index is 1420. The molecule has 10 nitrogen and oxygen atoms in total. The van der Waals surface area contributed by atoms with Crippen molar-refractivity contribution in [2.24, 2.45) is 11.7 Å². The summed E-state index contributed by atoms with van der Waals surface area (Å²) in [5.41, 5.74) is 7.81. The molecule has 0 aliphatic rings. The fourth-order valence-corrected chi connectivity index (χ4v) is 3.88. The number of phenols is 2. The van der Waals surface area contributed by atoms with Crippen LogP contribution in [-0.4, -0.2) is 22.0 Å². The van der Waals surface area contributed by atoms with Gasteiger partial charge in [-0.05, 0) is 48.2 Å². The van der Waals surface area contributed by atoms with Crippen molar-refractivity contribution < 1.29 is 29.3 Å². The number of aryl methyl sites for hydroxylation is 2. The zero-order valence-corrected chi connectivity index (χ0v) is 22.2. The van der Waals surface area contributed by atoms with Gasteiger partial charge in [-0.25, -0.2) is 11.7 Å². The minimum absolute atomic E-state index is 0.0697. The summed E-state index contributed by atoms with van der Waals surface area (Å²) >= 11 is 0. The third-order valence-corrected chi connectivity index (χ3v) is 5.77. The minimum atomic E-state index is -0.588. The summed E-state index contributed by atoms with van der Waals surface area (Å²) in [5.74, 6) is 9.94. The summed E-state index contributed by atoms with van der Waals surface area (Å²) in [6.07, 6.45) is 0. The van der Waals surface area contributed by atoms with Crippen molar-refractivity contribution in [3.8, 4) is 23.0 Å². The number of rotatable bonds is 8. The molecule has 0 fully saturated rings. The highest BCUT2D eigenvalue weighted by Crippen LogP contribution is 2.30. The molecule has 4 aromatic rings. The molecule has 208 valence electrons. The van der Waals surface area contributed by atoms with Crippen LogP contribution < -0.4 is 32.0 Å². The molecule has 0 saturated carbocycles. The first kappa shape index (κ1) is 29.5. The van der Waals surface area contributed by atoms with Crippen LogP contribution in [0.1, 0.15) is 43.0 Å². The summed E-state index contributed by atoms with van der Waals surface area (Å²) in [7, 11) is 0. The summed E-state index contributed by atoms with van der Waals surface area (Å²) in [6, 6.07) is 25.6. The second-order valence-corrected chi connectivity index (χ2v) is 8.77. The topological polar surface area (TPSA) is 169 Å². The number of ether oxygens (including phenoxy) is 2. The van der Waals surface area contributed by atoms with E-state index in [1.807, 2.05) is 79.1 Å². The molecule has 0 unspecified atom stereocenters. The maximum Gasteiger partial charge on any atom is 0.269 e. The van der Waals surface area contributed by atoms with E-state index in [0.717, 1.165) is 22.8 Å². The van der Waals surface area contributed by atoms with Crippen LogP contribution in [0.3, 0.4) is 0 Å². The summed E-state index contributed by atoms with van der Waals surface area (Å²) < 4.78 is 11.8. The number of benzene rings is 4. The van der Waals surface area contributed by atoms with Crippen molar-refractivity contribution in [3.05, 3.63) is 118 Å². The average molecular weight is 545 g/mol. The maximum atomic E-state index is 12.2. The van der Waals surface area contributed by atoms with Crippen molar-refractivity contribution >= 4 is 11.8 Å². The number of carbonyl (C=O) groups is 2. The quantitative estimate of drug-likeness (QED) is 0.111. The molecule has 40 heavy (non-hydrogen) atoms. The fourth-order valence-electron chi connectivity index (χ4n) is 3.88. The molecule has 10 heteroatoms. The van der Waals surface area contributed by atoms with E-state index in [0.29, 0.717) is 35.8 Å². The van der Waals surface area contributed by atoms with Crippen LogP contribution in [-0.2, 0) is 13.2 Å². The van der Waals surface area contributed by atoms with Gasteiger partial charge in [0.25, 0.3) is 11.8 Å². The minimum Gasteiger partial charge on any atom is -0.508 e. The van der Waals surface area contributed by atoms with Crippen molar-refractivity contribution in [1.29, 1.82) is 0 Å². The molecule has 0 aliphatic heterocycles. The third-order valence-electron chi connectivity index (χ3n) is 5.77. The first-order valence-corrected chi connectivity index (χ1v) is 12.3. The highest BCUT2D eigenvalue weighted by molar-refractivity contribution is 5.98. The van der Waals surface area contributed by atoms with E-state index in [1.54, 1.807) is 13.0 Å². The van der Waals surface area contributed by atoms with E-state index in [4.69, 9.17) is 26.3 Å². The number of nitrogens with one attached hydrogen (secondary N) is 2. The lowest BCUT2D eigenvalue weighted by atomic mass is 10.1. The molecular weight excluding hydrogens is 512 g/mol. The van der Waals surface area contributed by atoms with Crippen molar-refractivity contribution in [2.75, 3.05) is 0 Å². The van der Waals surface area contributed by atoms with Gasteiger partial charge in [0.15, 0.2) is 0 Å². The van der Waals surface area contributed by atoms with Gasteiger partial charge in [0.1, 0.15) is 36.2 Å². The van der Waals surface area contributed by atoms with Crippen LogP contribution in [0.4, 0.5) is 0 Å². The number of hydrogen-bond acceptors (Lipinski definition) is 8. The maximum absolute atomic E-state index is 12.2. The van der Waals surface area contributed by atoms with E-state index in [-0.39, 0.29) is 17.1 Å². The zero-order chi connectivity index (χ0) is 29.1. The van der Waals surface area contributed by atoms with Crippen molar-refractivity contribution in [1.82, 2.24) is 10.9 Å². The van der Waals surface area contributed by atoms with Crippen LogP contribution in [0.25, 0.3) is 0 Å². The predicted molar refractivity (Wildman–Crippen MR) is 151 cm³/mol. The second kappa shape index (κ2) is 14.2. The third kappa shape index (κ3) is 7.97. The molecule has 0 spiro atoms. The molecule has 4 rings (SSSR count). The Kier molecular flexibility index (Phi) is 10.5. The van der Waals surface area contributed by atoms with Crippen LogP contribution in [0, 0.1) is 13.8 Å². The van der Waals surface area contributed by atoms with Gasteiger partial charge in [-0.15, -0.1) is 0 Å². The van der Waals surface area contributed by atoms with Gasteiger partial charge in [0.05, 0.1) is 11.1 Å². The number of phenolic OH excluding ortho intramolecular Hbond substituents is 2. The number of nitrogen functional groups attached to an aromatic ring is 2. The van der Waals surface area contributed by atoms with Gasteiger partial charge in [-0.1, -0.05) is 60.7 Å². The standard InChI is InChI=1S/C22H22N2O3.C8H10N2O3/c1-16-12-19(26-14-17-8-4-2-5-9-17)13-20(21(16)22(25)24-23)27-15-18-10-6-3-7-11-18;1-4-2-5(11)3-6(12)7(4)8(13)10-9/h2-13H,14-15,23H2,1H3,(H,24,25);2-3,11-12H,9H2,1H3,(H,10,13). The SMILES string of the molecule is Cc1cc(O)cc(O)c1C(=O)NN.Cc1cc(OCc2ccccc2)cc(OCc2ccccc2)c1C(=O)NN. The highest BCUT2D eigenvalue weighted by Gasteiger charge is 2.17. The van der Waals surface area contributed by atoms with Gasteiger partial charge in [0.2, 0.25) is 0 Å². The molecular formula is C30H32N4O6. The van der Waals surface area contributed by atoms with Gasteiger partial charge in [0, 0.05) is 12.1 Å². The first-order valence-electron chi connectivity index (χ1n) is 12.3. The summed E-state index contributed by atoms with van der Waals surface area (Å²) in [5, 5.41) is 18.3. The van der Waals surface area contributed by atoms with Gasteiger partial charge in [-0.2, -0.15) is 0 Å².